The van der Waals surface area contributed by atoms with Gasteiger partial charge in [0, 0.05) is 91.1 Å². The Kier molecular flexibility index (Phi) is 8.91. The Bertz CT molecular complexity index is 2720. The van der Waals surface area contributed by atoms with Gasteiger partial charge < -0.3 is 20.5 Å². The minimum absolute atomic E-state index is 0.152. The molecule has 2 aliphatic heterocycles. The summed E-state index contributed by atoms with van der Waals surface area (Å²) < 4.78 is 17.7. The molecule has 3 N–H and O–H groups in total. The van der Waals surface area contributed by atoms with Crippen LogP contribution in [0.25, 0.3) is 39.0 Å². The summed E-state index contributed by atoms with van der Waals surface area (Å²) in [5, 5.41) is 7.45. The molecule has 2 aliphatic rings. The summed E-state index contributed by atoms with van der Waals surface area (Å²) in [7, 11) is 1.71. The zero-order valence-corrected chi connectivity index (χ0v) is 32.7. The first-order chi connectivity index (χ1) is 27.4. The highest BCUT2D eigenvalue weighted by Gasteiger charge is 2.26. The molecule has 0 saturated carbocycles. The number of rotatable bonds is 7. The van der Waals surface area contributed by atoms with Crippen LogP contribution in [0.3, 0.4) is 0 Å². The quantitative estimate of drug-likeness (QED) is 0.158. The molecule has 12 nitrogen and oxygen atoms in total. The first-order valence-electron chi connectivity index (χ1n) is 19.4. The molecule has 3 aromatic carbocycles. The molecule has 1 atom stereocenters. The number of anilines is 3. The summed E-state index contributed by atoms with van der Waals surface area (Å²) >= 11 is 0. The molecular formula is C44H45FN10O2. The van der Waals surface area contributed by atoms with Crippen LogP contribution in [0.4, 0.5) is 21.7 Å². The Morgan fingerprint density at radius 1 is 0.912 bits per heavy atom. The molecule has 0 radical (unpaired) electrons. The van der Waals surface area contributed by atoms with Crippen molar-refractivity contribution in [3.8, 4) is 17.1 Å². The van der Waals surface area contributed by atoms with E-state index < -0.39 is 5.82 Å². The molecule has 4 aromatic heterocycles. The number of carbonyl (C=O) groups is 1. The van der Waals surface area contributed by atoms with Crippen LogP contribution in [0.2, 0.25) is 0 Å². The zero-order chi connectivity index (χ0) is 39.6. The topological polar surface area (TPSA) is 129 Å². The van der Waals surface area contributed by atoms with E-state index >= 15 is 0 Å². The van der Waals surface area contributed by atoms with Crippen molar-refractivity contribution in [2.24, 2.45) is 7.05 Å². The maximum absolute atomic E-state index is 14.4. The molecule has 1 saturated heterocycles. The van der Waals surface area contributed by atoms with Gasteiger partial charge in [-0.15, -0.1) is 0 Å². The second-order valence-electron chi connectivity index (χ2n) is 16.1. The molecule has 1 fully saturated rings. The van der Waals surface area contributed by atoms with Gasteiger partial charge in [-0.25, -0.2) is 23.7 Å². The lowest BCUT2D eigenvalue weighted by atomic mass is 9.92. The first kappa shape index (κ1) is 36.3. The minimum Gasteiger partial charge on any atom is -0.369 e. The molecule has 290 valence electrons. The van der Waals surface area contributed by atoms with E-state index in [1.807, 2.05) is 30.3 Å². The molecule has 0 bridgehead atoms. The van der Waals surface area contributed by atoms with Gasteiger partial charge >= 0.3 is 0 Å². The lowest BCUT2D eigenvalue weighted by Gasteiger charge is -2.39. The number of nitrogens with zero attached hydrogens (tertiary/aromatic N) is 7. The maximum atomic E-state index is 14.4. The van der Waals surface area contributed by atoms with E-state index in [9.17, 15) is 14.0 Å². The Morgan fingerprint density at radius 2 is 1.67 bits per heavy atom. The van der Waals surface area contributed by atoms with Gasteiger partial charge in [-0.2, -0.15) is 4.98 Å². The summed E-state index contributed by atoms with van der Waals surface area (Å²) in [6.45, 7) is 12.7. The van der Waals surface area contributed by atoms with Gasteiger partial charge in [-0.3, -0.25) is 14.5 Å². The molecule has 7 aromatic rings. The maximum Gasteiger partial charge on any atom is 0.277 e. The molecule has 9 rings (SSSR count). The number of hydrogen-bond acceptors (Lipinski definition) is 8. The number of halogens is 1. The summed E-state index contributed by atoms with van der Waals surface area (Å²) in [5.41, 5.74) is 8.33. The number of nitrogens with one attached hydrogen (secondary N) is 3. The molecule has 13 heteroatoms. The van der Waals surface area contributed by atoms with Crippen molar-refractivity contribution in [1.29, 1.82) is 0 Å². The fourth-order valence-electron chi connectivity index (χ4n) is 8.20. The Hall–Kier alpha value is -6.34. The predicted octanol–water partition coefficient (Wildman–Crippen LogP) is 7.01. The average Bonchev–Trinajstić information content (AvgIpc) is 3.63. The van der Waals surface area contributed by atoms with Crippen molar-refractivity contribution in [2.75, 3.05) is 42.9 Å². The van der Waals surface area contributed by atoms with Gasteiger partial charge in [0.25, 0.3) is 11.5 Å². The number of pyridine rings is 1. The normalized spacial score (nSPS) is 15.5. The van der Waals surface area contributed by atoms with E-state index in [0.29, 0.717) is 46.8 Å². The Labute approximate surface area is 329 Å². The lowest BCUT2D eigenvalue weighted by Crippen LogP contribution is -2.47. The van der Waals surface area contributed by atoms with Crippen molar-refractivity contribution in [3.05, 3.63) is 124 Å². The van der Waals surface area contributed by atoms with Gasteiger partial charge in [0.15, 0.2) is 11.5 Å². The molecule has 0 spiro atoms. The van der Waals surface area contributed by atoms with E-state index in [-0.39, 0.29) is 22.9 Å². The van der Waals surface area contributed by atoms with E-state index in [4.69, 9.17) is 9.97 Å². The molecular weight excluding hydrogens is 720 g/mol. The number of aromatic amines is 1. The number of aromatic nitrogens is 6. The summed E-state index contributed by atoms with van der Waals surface area (Å²) in [5.74, 6) is 0.352. The van der Waals surface area contributed by atoms with Gasteiger partial charge in [0.1, 0.15) is 11.2 Å². The molecule has 6 heterocycles. The SMILES string of the molecule is CC(c1ccc(-c2[nH]c3cc(F)cc4c3c2CCNC4=O)cc1)N1CCN(c2ccc(Nc3ncc4c(=O)n(C)n(-c5cccc(C(C)(C)C)n5)c4n3)cc2)CC1. The molecule has 1 unspecified atom stereocenters. The third-order valence-corrected chi connectivity index (χ3v) is 11.4. The third-order valence-electron chi connectivity index (χ3n) is 11.4. The van der Waals surface area contributed by atoms with Crippen molar-refractivity contribution >= 4 is 45.2 Å². The van der Waals surface area contributed by atoms with Crippen LogP contribution in [-0.2, 0) is 18.9 Å². The van der Waals surface area contributed by atoms with Crippen LogP contribution in [0, 0.1) is 5.82 Å². The van der Waals surface area contributed by atoms with Crippen LogP contribution in [-0.4, -0.2) is 72.8 Å². The predicted molar refractivity (Wildman–Crippen MR) is 222 cm³/mol. The van der Waals surface area contributed by atoms with Crippen molar-refractivity contribution in [3.63, 3.8) is 0 Å². The minimum atomic E-state index is -0.425. The molecule has 0 aliphatic carbocycles. The van der Waals surface area contributed by atoms with E-state index in [1.54, 1.807) is 17.9 Å². The number of hydrogen-bond donors (Lipinski definition) is 3. The van der Waals surface area contributed by atoms with Crippen molar-refractivity contribution in [1.82, 2.24) is 39.5 Å². The third kappa shape index (κ3) is 6.61. The number of H-pyrrole nitrogens is 1. The van der Waals surface area contributed by atoms with Gasteiger partial charge in [0.05, 0.1) is 5.56 Å². The van der Waals surface area contributed by atoms with E-state index in [1.165, 1.54) is 22.4 Å². The first-order valence-corrected chi connectivity index (χ1v) is 19.4. The smallest absolute Gasteiger partial charge is 0.277 e. The second-order valence-corrected chi connectivity index (χ2v) is 16.1. The van der Waals surface area contributed by atoms with Crippen molar-refractivity contribution < 1.29 is 9.18 Å². The van der Waals surface area contributed by atoms with E-state index in [2.05, 4.69) is 94.5 Å². The highest BCUT2D eigenvalue weighted by Crippen LogP contribution is 2.36. The van der Waals surface area contributed by atoms with Crippen molar-refractivity contribution in [2.45, 2.75) is 45.6 Å². The zero-order valence-electron chi connectivity index (χ0n) is 32.7. The number of piperazine rings is 1. The second kappa shape index (κ2) is 14.0. The van der Waals surface area contributed by atoms with Crippen LogP contribution >= 0.6 is 0 Å². The average molecular weight is 765 g/mol. The van der Waals surface area contributed by atoms with Gasteiger partial charge in [-0.1, -0.05) is 51.1 Å². The van der Waals surface area contributed by atoms with Crippen LogP contribution in [0.5, 0.6) is 0 Å². The highest BCUT2D eigenvalue weighted by molar-refractivity contribution is 6.10. The number of fused-ring (bicyclic) bond motifs is 1. The van der Waals surface area contributed by atoms with E-state index in [0.717, 1.165) is 65.5 Å². The van der Waals surface area contributed by atoms with Gasteiger partial charge in [0.2, 0.25) is 5.95 Å². The number of carbonyl (C=O) groups excluding carboxylic acids is 1. The number of benzene rings is 3. The Balaban J connectivity index is 0.856. The van der Waals surface area contributed by atoms with Crippen LogP contribution in [0.15, 0.2) is 89.9 Å². The fraction of sp³-hybridized carbons (Fsp3) is 0.295. The van der Waals surface area contributed by atoms with Crippen LogP contribution < -0.4 is 21.1 Å². The largest absolute Gasteiger partial charge is 0.369 e. The standard InChI is InChI=1S/C44H45FN10O2/c1-26(27-9-11-28(12-10-27)39-32-17-18-46-41(56)33-23-29(45)24-35(49-39)38(32)33)53-19-21-54(22-20-53)31-15-13-30(14-16-31)48-43-47-25-34-40(51-43)55(52(5)42(34)57)37-8-6-7-36(50-37)44(2,3)4/h6-16,23-26,49H,17-22H2,1-5H3,(H,46,56)(H,47,48,51). The molecule has 57 heavy (non-hydrogen) atoms. The monoisotopic (exact) mass is 764 g/mol. The summed E-state index contributed by atoms with van der Waals surface area (Å²) in [4.78, 5) is 48.2. The lowest BCUT2D eigenvalue weighted by molar-refractivity contribution is 0.0956. The summed E-state index contributed by atoms with van der Waals surface area (Å²) in [6, 6.07) is 25.8. The summed E-state index contributed by atoms with van der Waals surface area (Å²) in [6.07, 6.45) is 2.25. The Morgan fingerprint density at radius 3 is 2.40 bits per heavy atom. The molecule has 1 amide bonds. The highest BCUT2D eigenvalue weighted by atomic mass is 19.1. The van der Waals surface area contributed by atoms with Crippen LogP contribution in [0.1, 0.15) is 60.9 Å². The fourth-order valence-corrected chi connectivity index (χ4v) is 8.20. The number of amides is 1. The van der Waals surface area contributed by atoms with Gasteiger partial charge in [-0.05, 0) is 78.6 Å².